The summed E-state index contributed by atoms with van der Waals surface area (Å²) in [5.74, 6) is 0. The van der Waals surface area contributed by atoms with Crippen LogP contribution in [0.1, 0.15) is 18.1 Å². The van der Waals surface area contributed by atoms with Crippen LogP contribution in [0.2, 0.25) is 0 Å². The maximum absolute atomic E-state index is 8.66. The van der Waals surface area contributed by atoms with Crippen molar-refractivity contribution in [2.45, 2.75) is 13.5 Å². The lowest BCUT2D eigenvalue weighted by Crippen LogP contribution is -2.28. The van der Waals surface area contributed by atoms with Gasteiger partial charge in [-0.25, -0.2) is 0 Å². The van der Waals surface area contributed by atoms with E-state index in [-0.39, 0.29) is 0 Å². The summed E-state index contributed by atoms with van der Waals surface area (Å²) in [4.78, 5) is 2.28. The topological polar surface area (TPSA) is 53.0 Å². The zero-order valence-corrected chi connectivity index (χ0v) is 9.11. The van der Waals surface area contributed by atoms with Crippen LogP contribution in [0.3, 0.4) is 0 Å². The molecule has 0 bridgehead atoms. The average Bonchev–Trinajstić information content (AvgIpc) is 2.29. The van der Waals surface area contributed by atoms with E-state index in [2.05, 4.69) is 17.9 Å². The van der Waals surface area contributed by atoms with Gasteiger partial charge in [-0.1, -0.05) is 19.1 Å². The minimum atomic E-state index is 0.685. The molecule has 0 aliphatic rings. The molecule has 1 aromatic rings. The van der Waals surface area contributed by atoms with E-state index >= 15 is 0 Å². The third kappa shape index (κ3) is 3.70. The molecule has 3 nitrogen and oxygen atoms in total. The van der Waals surface area contributed by atoms with Crippen molar-refractivity contribution in [1.82, 2.24) is 4.90 Å². The maximum Gasteiger partial charge on any atom is 0.0991 e. The number of nitriles is 1. The number of hydrogen-bond acceptors (Lipinski definition) is 3. The van der Waals surface area contributed by atoms with Crippen molar-refractivity contribution in [2.75, 3.05) is 19.6 Å². The molecule has 80 valence electrons. The van der Waals surface area contributed by atoms with Crippen molar-refractivity contribution in [2.24, 2.45) is 5.73 Å². The smallest absolute Gasteiger partial charge is 0.0991 e. The maximum atomic E-state index is 8.66. The Balaban J connectivity index is 2.59. The molecular formula is C12H17N3. The summed E-state index contributed by atoms with van der Waals surface area (Å²) in [6.07, 6.45) is 0. The lowest BCUT2D eigenvalue weighted by Gasteiger charge is -2.19. The molecule has 0 aromatic heterocycles. The summed E-state index contributed by atoms with van der Waals surface area (Å²) in [5.41, 5.74) is 7.45. The van der Waals surface area contributed by atoms with Gasteiger partial charge >= 0.3 is 0 Å². The van der Waals surface area contributed by atoms with Crippen LogP contribution >= 0.6 is 0 Å². The lowest BCUT2D eigenvalue weighted by molar-refractivity contribution is 0.288. The van der Waals surface area contributed by atoms with Gasteiger partial charge in [0.2, 0.25) is 0 Å². The van der Waals surface area contributed by atoms with E-state index in [1.165, 1.54) is 5.56 Å². The van der Waals surface area contributed by atoms with Crippen molar-refractivity contribution < 1.29 is 0 Å². The molecule has 0 heterocycles. The lowest BCUT2D eigenvalue weighted by atomic mass is 10.1. The summed E-state index contributed by atoms with van der Waals surface area (Å²) in [5, 5.41) is 8.66. The number of rotatable bonds is 5. The second-order valence-corrected chi connectivity index (χ2v) is 3.47. The quantitative estimate of drug-likeness (QED) is 0.785. The van der Waals surface area contributed by atoms with Crippen molar-refractivity contribution in [3.8, 4) is 6.07 Å². The minimum Gasteiger partial charge on any atom is -0.329 e. The first-order valence-corrected chi connectivity index (χ1v) is 5.21. The summed E-state index contributed by atoms with van der Waals surface area (Å²) in [7, 11) is 0. The van der Waals surface area contributed by atoms with E-state index in [9.17, 15) is 0 Å². The second-order valence-electron chi connectivity index (χ2n) is 3.47. The Bertz CT molecular complexity index is 324. The Morgan fingerprint density at radius 1 is 1.33 bits per heavy atom. The number of nitrogens with zero attached hydrogens (tertiary/aromatic N) is 2. The fourth-order valence-electron chi connectivity index (χ4n) is 1.47. The number of likely N-dealkylation sites (N-methyl/N-ethyl adjacent to an activating group) is 1. The highest BCUT2D eigenvalue weighted by atomic mass is 15.1. The van der Waals surface area contributed by atoms with Gasteiger partial charge in [0, 0.05) is 19.6 Å². The predicted octanol–water partition coefficient (Wildman–Crippen LogP) is 1.34. The molecule has 0 atom stereocenters. The van der Waals surface area contributed by atoms with Crippen LogP contribution in [0.25, 0.3) is 0 Å². The van der Waals surface area contributed by atoms with Crippen molar-refractivity contribution >= 4 is 0 Å². The molecule has 0 aliphatic carbocycles. The first kappa shape index (κ1) is 11.7. The summed E-state index contributed by atoms with van der Waals surface area (Å²) in [6, 6.07) is 9.81. The van der Waals surface area contributed by atoms with Crippen molar-refractivity contribution in [1.29, 1.82) is 5.26 Å². The van der Waals surface area contributed by atoms with Crippen LogP contribution < -0.4 is 5.73 Å². The van der Waals surface area contributed by atoms with Gasteiger partial charge in [-0.15, -0.1) is 0 Å². The summed E-state index contributed by atoms with van der Waals surface area (Å²) in [6.45, 7) is 5.62. The van der Waals surface area contributed by atoms with Crippen molar-refractivity contribution in [3.63, 3.8) is 0 Å². The molecule has 0 saturated heterocycles. The van der Waals surface area contributed by atoms with Crippen LogP contribution in [-0.2, 0) is 6.54 Å². The Hall–Kier alpha value is -1.37. The highest BCUT2D eigenvalue weighted by molar-refractivity contribution is 5.31. The fraction of sp³-hybridized carbons (Fsp3) is 0.417. The van der Waals surface area contributed by atoms with E-state index in [1.54, 1.807) is 0 Å². The standard InChI is InChI=1S/C12H17N3/c1-2-15(8-7-13)10-12-5-3-11(9-14)4-6-12/h3-6H,2,7-8,10,13H2,1H3. The molecule has 0 spiro atoms. The molecular weight excluding hydrogens is 186 g/mol. The monoisotopic (exact) mass is 203 g/mol. The van der Waals surface area contributed by atoms with Gasteiger partial charge < -0.3 is 5.73 Å². The summed E-state index contributed by atoms with van der Waals surface area (Å²) < 4.78 is 0. The van der Waals surface area contributed by atoms with E-state index in [4.69, 9.17) is 11.0 Å². The Labute approximate surface area is 91.1 Å². The predicted molar refractivity (Wildman–Crippen MR) is 61.2 cm³/mol. The largest absolute Gasteiger partial charge is 0.329 e. The number of nitrogens with two attached hydrogens (primary N) is 1. The van der Waals surface area contributed by atoms with Gasteiger partial charge in [-0.05, 0) is 24.2 Å². The van der Waals surface area contributed by atoms with E-state index in [1.807, 2.05) is 24.3 Å². The molecule has 0 unspecified atom stereocenters. The van der Waals surface area contributed by atoms with Gasteiger partial charge in [-0.2, -0.15) is 5.26 Å². The Morgan fingerprint density at radius 2 is 2.00 bits per heavy atom. The van der Waals surface area contributed by atoms with Crippen LogP contribution in [0.15, 0.2) is 24.3 Å². The Morgan fingerprint density at radius 3 is 2.47 bits per heavy atom. The number of benzene rings is 1. The molecule has 15 heavy (non-hydrogen) atoms. The molecule has 0 aliphatic heterocycles. The Kier molecular flexibility index (Phi) is 4.82. The minimum absolute atomic E-state index is 0.685. The van der Waals surface area contributed by atoms with Crippen LogP contribution in [0.4, 0.5) is 0 Å². The van der Waals surface area contributed by atoms with Crippen LogP contribution in [-0.4, -0.2) is 24.5 Å². The summed E-state index contributed by atoms with van der Waals surface area (Å²) >= 11 is 0. The first-order valence-electron chi connectivity index (χ1n) is 5.21. The third-order valence-electron chi connectivity index (χ3n) is 2.38. The molecule has 1 rings (SSSR count). The molecule has 3 heteroatoms. The second kappa shape index (κ2) is 6.18. The normalized spacial score (nSPS) is 10.3. The third-order valence-corrected chi connectivity index (χ3v) is 2.38. The molecule has 0 amide bonds. The van der Waals surface area contributed by atoms with Gasteiger partial charge in [0.05, 0.1) is 11.6 Å². The molecule has 2 N–H and O–H groups in total. The molecule has 1 aromatic carbocycles. The van der Waals surface area contributed by atoms with Gasteiger partial charge in [0.25, 0.3) is 0 Å². The van der Waals surface area contributed by atoms with E-state index in [0.29, 0.717) is 12.1 Å². The fourth-order valence-corrected chi connectivity index (χ4v) is 1.47. The SMILES string of the molecule is CCN(CCN)Cc1ccc(C#N)cc1. The average molecular weight is 203 g/mol. The highest BCUT2D eigenvalue weighted by Gasteiger charge is 2.02. The van der Waals surface area contributed by atoms with Crippen molar-refractivity contribution in [3.05, 3.63) is 35.4 Å². The molecule has 0 radical (unpaired) electrons. The zero-order chi connectivity index (χ0) is 11.1. The van der Waals surface area contributed by atoms with E-state index < -0.39 is 0 Å². The van der Waals surface area contributed by atoms with Gasteiger partial charge in [0.15, 0.2) is 0 Å². The number of hydrogen-bond donors (Lipinski definition) is 1. The van der Waals surface area contributed by atoms with Gasteiger partial charge in [-0.3, -0.25) is 4.90 Å². The molecule has 0 saturated carbocycles. The first-order chi connectivity index (χ1) is 7.30. The highest BCUT2D eigenvalue weighted by Crippen LogP contribution is 2.06. The van der Waals surface area contributed by atoms with Crippen LogP contribution in [0.5, 0.6) is 0 Å². The zero-order valence-electron chi connectivity index (χ0n) is 9.11. The molecule has 0 fully saturated rings. The van der Waals surface area contributed by atoms with E-state index in [0.717, 1.165) is 19.6 Å². The van der Waals surface area contributed by atoms with Crippen LogP contribution in [0, 0.1) is 11.3 Å². The van der Waals surface area contributed by atoms with Gasteiger partial charge in [0.1, 0.15) is 0 Å².